The molecule has 5 heteroatoms. The van der Waals surface area contributed by atoms with E-state index in [1.807, 2.05) is 6.92 Å². The van der Waals surface area contributed by atoms with Gasteiger partial charge in [-0.1, -0.05) is 26.2 Å². The Hall–Kier alpha value is -1.78. The van der Waals surface area contributed by atoms with Crippen LogP contribution >= 0.6 is 0 Å². The molecule has 0 aliphatic heterocycles. The van der Waals surface area contributed by atoms with Crippen molar-refractivity contribution in [3.8, 4) is 5.75 Å². The summed E-state index contributed by atoms with van der Waals surface area (Å²) in [4.78, 5) is 10.6. The lowest BCUT2D eigenvalue weighted by molar-refractivity contribution is -0.385. The SMILES string of the molecule is CCOc1cc(NCC2(C)CCCCC2)ccc1[N+](=O)[O-]. The number of nitrogens with one attached hydrogen (secondary N) is 1. The molecule has 1 saturated carbocycles. The highest BCUT2D eigenvalue weighted by Gasteiger charge is 2.26. The van der Waals surface area contributed by atoms with E-state index < -0.39 is 4.92 Å². The van der Waals surface area contributed by atoms with Crippen molar-refractivity contribution in [2.45, 2.75) is 46.0 Å². The summed E-state index contributed by atoms with van der Waals surface area (Å²) in [5.74, 6) is 0.335. The van der Waals surface area contributed by atoms with Crippen LogP contribution in [0.3, 0.4) is 0 Å². The maximum atomic E-state index is 11.0. The molecule has 1 aromatic carbocycles. The molecule has 0 aromatic heterocycles. The van der Waals surface area contributed by atoms with Gasteiger partial charge in [-0.05, 0) is 31.2 Å². The van der Waals surface area contributed by atoms with E-state index in [0.29, 0.717) is 17.8 Å². The van der Waals surface area contributed by atoms with Crippen molar-refractivity contribution in [2.24, 2.45) is 5.41 Å². The standard InChI is InChI=1S/C16H24N2O3/c1-3-21-15-11-13(7-8-14(15)18(19)20)17-12-16(2)9-5-4-6-10-16/h7-8,11,17H,3-6,9-10,12H2,1-2H3. The number of anilines is 1. The second-order valence-corrected chi connectivity index (χ2v) is 6.10. The molecular weight excluding hydrogens is 268 g/mol. The zero-order valence-electron chi connectivity index (χ0n) is 12.9. The molecule has 116 valence electrons. The summed E-state index contributed by atoms with van der Waals surface area (Å²) in [5.41, 5.74) is 1.23. The fourth-order valence-corrected chi connectivity index (χ4v) is 2.94. The molecule has 0 radical (unpaired) electrons. The minimum Gasteiger partial charge on any atom is -0.487 e. The second-order valence-electron chi connectivity index (χ2n) is 6.10. The number of nitro groups is 1. The van der Waals surface area contributed by atoms with E-state index in [0.717, 1.165) is 12.2 Å². The largest absolute Gasteiger partial charge is 0.487 e. The molecule has 0 unspecified atom stereocenters. The van der Waals surface area contributed by atoms with Crippen molar-refractivity contribution < 1.29 is 9.66 Å². The zero-order chi connectivity index (χ0) is 15.3. The van der Waals surface area contributed by atoms with E-state index in [4.69, 9.17) is 4.74 Å². The van der Waals surface area contributed by atoms with Crippen LogP contribution in [-0.4, -0.2) is 18.1 Å². The van der Waals surface area contributed by atoms with Crippen LogP contribution in [0.5, 0.6) is 5.75 Å². The first-order chi connectivity index (χ1) is 10.0. The molecule has 2 rings (SSSR count). The van der Waals surface area contributed by atoms with Crippen LogP contribution in [0.25, 0.3) is 0 Å². The Morgan fingerprint density at radius 3 is 2.67 bits per heavy atom. The Kier molecular flexibility index (Phi) is 5.04. The highest BCUT2D eigenvalue weighted by atomic mass is 16.6. The van der Waals surface area contributed by atoms with Crippen molar-refractivity contribution in [3.63, 3.8) is 0 Å². The minimum absolute atomic E-state index is 0.0197. The van der Waals surface area contributed by atoms with Crippen LogP contribution in [0, 0.1) is 15.5 Å². The Bertz CT molecular complexity index is 496. The lowest BCUT2D eigenvalue weighted by Gasteiger charge is -2.34. The number of nitro benzene ring substituents is 1. The van der Waals surface area contributed by atoms with Crippen molar-refractivity contribution in [3.05, 3.63) is 28.3 Å². The topological polar surface area (TPSA) is 64.4 Å². The predicted molar refractivity (Wildman–Crippen MR) is 83.9 cm³/mol. The van der Waals surface area contributed by atoms with E-state index in [1.54, 1.807) is 12.1 Å². The Morgan fingerprint density at radius 1 is 1.33 bits per heavy atom. The van der Waals surface area contributed by atoms with E-state index in [1.165, 1.54) is 38.2 Å². The molecule has 0 amide bonds. The minimum atomic E-state index is -0.406. The van der Waals surface area contributed by atoms with Crippen molar-refractivity contribution in [1.29, 1.82) is 0 Å². The van der Waals surface area contributed by atoms with Gasteiger partial charge in [-0.25, -0.2) is 0 Å². The number of hydrogen-bond donors (Lipinski definition) is 1. The predicted octanol–water partition coefficient (Wildman–Crippen LogP) is 4.38. The second kappa shape index (κ2) is 6.78. The highest BCUT2D eigenvalue weighted by Crippen LogP contribution is 2.36. The van der Waals surface area contributed by atoms with Crippen molar-refractivity contribution in [2.75, 3.05) is 18.5 Å². The smallest absolute Gasteiger partial charge is 0.311 e. The van der Waals surface area contributed by atoms with Gasteiger partial charge in [0.1, 0.15) is 0 Å². The fraction of sp³-hybridized carbons (Fsp3) is 0.625. The molecule has 5 nitrogen and oxygen atoms in total. The van der Waals surface area contributed by atoms with Crippen LogP contribution in [0.4, 0.5) is 11.4 Å². The van der Waals surface area contributed by atoms with Gasteiger partial charge in [0, 0.05) is 24.4 Å². The van der Waals surface area contributed by atoms with Gasteiger partial charge >= 0.3 is 5.69 Å². The van der Waals surface area contributed by atoms with Crippen LogP contribution in [-0.2, 0) is 0 Å². The van der Waals surface area contributed by atoms with Gasteiger partial charge in [0.05, 0.1) is 11.5 Å². The molecule has 0 heterocycles. The molecule has 0 atom stereocenters. The van der Waals surface area contributed by atoms with Crippen LogP contribution in [0.2, 0.25) is 0 Å². The van der Waals surface area contributed by atoms with Crippen LogP contribution < -0.4 is 10.1 Å². The molecule has 1 aliphatic carbocycles. The highest BCUT2D eigenvalue weighted by molar-refractivity contribution is 5.58. The maximum absolute atomic E-state index is 11.0. The molecule has 0 saturated heterocycles. The average molecular weight is 292 g/mol. The summed E-state index contributed by atoms with van der Waals surface area (Å²) in [6.45, 7) is 5.46. The van der Waals surface area contributed by atoms with Gasteiger partial charge in [0.25, 0.3) is 0 Å². The summed E-state index contributed by atoms with van der Waals surface area (Å²) < 4.78 is 5.37. The van der Waals surface area contributed by atoms with E-state index in [9.17, 15) is 10.1 Å². The lowest BCUT2D eigenvalue weighted by atomic mass is 9.76. The van der Waals surface area contributed by atoms with Crippen molar-refractivity contribution in [1.82, 2.24) is 0 Å². The third-order valence-electron chi connectivity index (χ3n) is 4.24. The molecule has 0 bridgehead atoms. The molecule has 1 fully saturated rings. The first-order valence-corrected chi connectivity index (χ1v) is 7.69. The third-order valence-corrected chi connectivity index (χ3v) is 4.24. The number of rotatable bonds is 6. The lowest BCUT2D eigenvalue weighted by Crippen LogP contribution is -2.28. The van der Waals surface area contributed by atoms with Gasteiger partial charge in [-0.2, -0.15) is 0 Å². The number of ether oxygens (including phenoxy) is 1. The number of benzene rings is 1. The summed E-state index contributed by atoms with van der Waals surface area (Å²) in [5, 5.41) is 14.4. The molecular formula is C16H24N2O3. The fourth-order valence-electron chi connectivity index (χ4n) is 2.94. The molecule has 1 N–H and O–H groups in total. The van der Waals surface area contributed by atoms with Gasteiger partial charge in [0.15, 0.2) is 5.75 Å². The Balaban J connectivity index is 2.06. The first-order valence-electron chi connectivity index (χ1n) is 7.69. The maximum Gasteiger partial charge on any atom is 0.311 e. The third kappa shape index (κ3) is 4.09. The molecule has 21 heavy (non-hydrogen) atoms. The Labute approximate surface area is 125 Å². The van der Waals surface area contributed by atoms with Crippen molar-refractivity contribution >= 4 is 11.4 Å². The molecule has 1 aliphatic rings. The summed E-state index contributed by atoms with van der Waals surface area (Å²) in [6.07, 6.45) is 6.41. The number of hydrogen-bond acceptors (Lipinski definition) is 4. The van der Waals surface area contributed by atoms with Gasteiger partial charge in [0.2, 0.25) is 0 Å². The van der Waals surface area contributed by atoms with E-state index in [2.05, 4.69) is 12.2 Å². The van der Waals surface area contributed by atoms with E-state index in [-0.39, 0.29) is 5.69 Å². The van der Waals surface area contributed by atoms with E-state index >= 15 is 0 Å². The van der Waals surface area contributed by atoms with Crippen LogP contribution in [0.15, 0.2) is 18.2 Å². The molecule has 0 spiro atoms. The van der Waals surface area contributed by atoms with Gasteiger partial charge in [-0.15, -0.1) is 0 Å². The monoisotopic (exact) mass is 292 g/mol. The normalized spacial score (nSPS) is 17.2. The number of nitrogens with zero attached hydrogens (tertiary/aromatic N) is 1. The Morgan fingerprint density at radius 2 is 2.05 bits per heavy atom. The quantitative estimate of drug-likeness (QED) is 0.624. The van der Waals surface area contributed by atoms with Gasteiger partial charge in [-0.3, -0.25) is 10.1 Å². The zero-order valence-corrected chi connectivity index (χ0v) is 12.9. The summed E-state index contributed by atoms with van der Waals surface area (Å²) in [7, 11) is 0. The average Bonchev–Trinajstić information content (AvgIpc) is 2.46. The first kappa shape index (κ1) is 15.6. The van der Waals surface area contributed by atoms with Crippen LogP contribution in [0.1, 0.15) is 46.0 Å². The summed E-state index contributed by atoms with van der Waals surface area (Å²) >= 11 is 0. The molecule has 1 aromatic rings. The summed E-state index contributed by atoms with van der Waals surface area (Å²) in [6, 6.07) is 5.00. The van der Waals surface area contributed by atoms with Gasteiger partial charge < -0.3 is 10.1 Å².